The van der Waals surface area contributed by atoms with Gasteiger partial charge >= 0.3 is 5.97 Å². The number of carboxylic acid groups (broad SMARTS) is 1. The molecule has 1 aliphatic rings. The Kier molecular flexibility index (Phi) is 9.36. The Hall–Kier alpha value is -4.10. The number of amides is 1. The van der Waals surface area contributed by atoms with Gasteiger partial charge in [-0.15, -0.1) is 5.10 Å². The van der Waals surface area contributed by atoms with Crippen LogP contribution in [0.4, 0.5) is 5.69 Å². The SMILES string of the molecule is O=C(O)CCC(=O)Nc1ccc(C2OC(CSc3nnnn3-c3ccccc3)CC(c3ccc(CO)cc3)O2)cc1. The Bertz CT molecular complexity index is 1450. The average molecular weight is 576 g/mol. The van der Waals surface area contributed by atoms with E-state index in [0.717, 1.165) is 22.4 Å². The molecule has 12 heteroatoms. The lowest BCUT2D eigenvalue weighted by Crippen LogP contribution is -2.31. The van der Waals surface area contributed by atoms with Crippen LogP contribution in [0, 0.1) is 0 Å². The molecule has 212 valence electrons. The third-order valence-electron chi connectivity index (χ3n) is 6.49. The van der Waals surface area contributed by atoms with Gasteiger partial charge in [0.05, 0.1) is 30.9 Å². The van der Waals surface area contributed by atoms with Crippen molar-refractivity contribution in [3.05, 3.63) is 95.6 Å². The molecule has 0 bridgehead atoms. The summed E-state index contributed by atoms with van der Waals surface area (Å²) in [7, 11) is 0. The second kappa shape index (κ2) is 13.5. The number of para-hydroxylation sites is 1. The van der Waals surface area contributed by atoms with Crippen molar-refractivity contribution in [1.82, 2.24) is 20.2 Å². The van der Waals surface area contributed by atoms with Crippen LogP contribution in [0.5, 0.6) is 0 Å². The van der Waals surface area contributed by atoms with E-state index < -0.39 is 12.3 Å². The number of carboxylic acids is 1. The van der Waals surface area contributed by atoms with Crippen LogP contribution in [0.1, 0.15) is 48.3 Å². The highest BCUT2D eigenvalue weighted by Gasteiger charge is 2.32. The number of carbonyl (C=O) groups is 2. The third-order valence-corrected chi connectivity index (χ3v) is 7.54. The number of hydrogen-bond acceptors (Lipinski definition) is 9. The van der Waals surface area contributed by atoms with E-state index in [0.29, 0.717) is 23.0 Å². The van der Waals surface area contributed by atoms with Gasteiger partial charge in [0.2, 0.25) is 11.1 Å². The smallest absolute Gasteiger partial charge is 0.303 e. The molecule has 3 aromatic carbocycles. The fraction of sp³-hybridized carbons (Fsp3) is 0.276. The predicted molar refractivity (Wildman–Crippen MR) is 150 cm³/mol. The first-order valence-corrected chi connectivity index (χ1v) is 14.1. The van der Waals surface area contributed by atoms with E-state index in [1.165, 1.54) is 11.8 Å². The van der Waals surface area contributed by atoms with E-state index in [9.17, 15) is 14.7 Å². The van der Waals surface area contributed by atoms with E-state index in [1.54, 1.807) is 16.8 Å². The van der Waals surface area contributed by atoms with E-state index in [4.69, 9.17) is 14.6 Å². The maximum Gasteiger partial charge on any atom is 0.303 e. The maximum atomic E-state index is 12.0. The predicted octanol–water partition coefficient (Wildman–Crippen LogP) is 4.30. The van der Waals surface area contributed by atoms with Gasteiger partial charge in [0.25, 0.3) is 0 Å². The molecule has 1 fully saturated rings. The summed E-state index contributed by atoms with van der Waals surface area (Å²) in [5.74, 6) is -0.811. The molecular formula is C29H29N5O6S. The van der Waals surface area contributed by atoms with Crippen LogP contribution in [-0.4, -0.2) is 54.2 Å². The number of nitrogens with one attached hydrogen (secondary N) is 1. The first kappa shape index (κ1) is 28.4. The molecule has 3 N–H and O–H groups in total. The minimum absolute atomic E-state index is 0.0356. The van der Waals surface area contributed by atoms with Gasteiger partial charge in [0, 0.05) is 29.8 Å². The summed E-state index contributed by atoms with van der Waals surface area (Å²) in [6, 6.07) is 24.4. The van der Waals surface area contributed by atoms with E-state index in [2.05, 4.69) is 20.8 Å². The number of aliphatic hydroxyl groups is 1. The molecule has 1 saturated heterocycles. The van der Waals surface area contributed by atoms with Gasteiger partial charge in [-0.05, 0) is 45.8 Å². The van der Waals surface area contributed by atoms with Crippen LogP contribution in [0.3, 0.4) is 0 Å². The molecule has 41 heavy (non-hydrogen) atoms. The zero-order valence-electron chi connectivity index (χ0n) is 22.0. The Morgan fingerprint density at radius 2 is 1.68 bits per heavy atom. The molecule has 0 radical (unpaired) electrons. The van der Waals surface area contributed by atoms with Gasteiger partial charge in [-0.1, -0.05) is 66.4 Å². The van der Waals surface area contributed by atoms with Gasteiger partial charge in [0.15, 0.2) is 6.29 Å². The summed E-state index contributed by atoms with van der Waals surface area (Å²) >= 11 is 1.50. The van der Waals surface area contributed by atoms with Crippen LogP contribution in [0.25, 0.3) is 5.69 Å². The molecule has 0 saturated carbocycles. The molecule has 3 atom stereocenters. The molecule has 1 amide bonds. The quantitative estimate of drug-likeness (QED) is 0.221. The number of thioether (sulfide) groups is 1. The molecule has 2 heterocycles. The van der Waals surface area contributed by atoms with Crippen molar-refractivity contribution in [2.24, 2.45) is 0 Å². The van der Waals surface area contributed by atoms with Gasteiger partial charge in [-0.3, -0.25) is 9.59 Å². The maximum absolute atomic E-state index is 12.0. The fourth-order valence-corrected chi connectivity index (χ4v) is 5.27. The van der Waals surface area contributed by atoms with Crippen molar-refractivity contribution in [2.45, 2.75) is 49.5 Å². The zero-order valence-corrected chi connectivity index (χ0v) is 22.8. The number of nitrogens with zero attached hydrogens (tertiary/aromatic N) is 4. The molecule has 0 aliphatic carbocycles. The van der Waals surface area contributed by atoms with Gasteiger partial charge in [-0.25, -0.2) is 0 Å². The highest BCUT2D eigenvalue weighted by molar-refractivity contribution is 7.99. The van der Waals surface area contributed by atoms with E-state index in [1.807, 2.05) is 66.7 Å². The number of aliphatic hydroxyl groups excluding tert-OH is 1. The lowest BCUT2D eigenvalue weighted by molar-refractivity contribution is -0.245. The zero-order chi connectivity index (χ0) is 28.6. The van der Waals surface area contributed by atoms with Crippen LogP contribution in [-0.2, 0) is 25.7 Å². The van der Waals surface area contributed by atoms with Crippen LogP contribution in [0.2, 0.25) is 0 Å². The number of benzene rings is 3. The molecule has 11 nitrogen and oxygen atoms in total. The summed E-state index contributed by atoms with van der Waals surface area (Å²) in [6.07, 6.45) is -0.850. The molecule has 1 aliphatic heterocycles. The van der Waals surface area contributed by atoms with Gasteiger partial charge in [-0.2, -0.15) is 4.68 Å². The molecule has 1 aromatic heterocycles. The molecular weight excluding hydrogens is 546 g/mol. The number of rotatable bonds is 11. The topological polar surface area (TPSA) is 149 Å². The van der Waals surface area contributed by atoms with Crippen LogP contribution < -0.4 is 5.32 Å². The number of anilines is 1. The summed E-state index contributed by atoms with van der Waals surface area (Å²) in [6.45, 7) is -0.0356. The Balaban J connectivity index is 1.30. The summed E-state index contributed by atoms with van der Waals surface area (Å²) in [5.41, 5.74) is 3.98. The monoisotopic (exact) mass is 575 g/mol. The lowest BCUT2D eigenvalue weighted by atomic mass is 10.0. The first-order chi connectivity index (χ1) is 20.0. The number of carbonyl (C=O) groups excluding carboxylic acids is 1. The number of hydrogen-bond donors (Lipinski definition) is 3. The van der Waals surface area contributed by atoms with Crippen molar-refractivity contribution in [3.8, 4) is 5.69 Å². The van der Waals surface area contributed by atoms with Crippen molar-refractivity contribution in [3.63, 3.8) is 0 Å². The standard InChI is InChI=1S/C29H29N5O6S/c35-17-19-6-8-20(9-7-19)25-16-24(18-41-29-31-32-33-34(29)23-4-2-1-3-5-23)39-28(40-25)21-10-12-22(13-11-21)30-26(36)14-15-27(37)38/h1-13,24-25,28,35H,14-18H2,(H,30,36)(H,37,38). The Labute approximate surface area is 240 Å². The average Bonchev–Trinajstić information content (AvgIpc) is 3.48. The van der Waals surface area contributed by atoms with Crippen LogP contribution >= 0.6 is 11.8 Å². The molecule has 0 spiro atoms. The van der Waals surface area contributed by atoms with Crippen LogP contribution in [0.15, 0.2) is 84.0 Å². The summed E-state index contributed by atoms with van der Waals surface area (Å²) < 4.78 is 14.5. The fourth-order valence-electron chi connectivity index (χ4n) is 4.36. The van der Waals surface area contributed by atoms with Gasteiger partial charge < -0.3 is 25.0 Å². The molecule has 4 aromatic rings. The highest BCUT2D eigenvalue weighted by atomic mass is 32.2. The minimum Gasteiger partial charge on any atom is -0.481 e. The summed E-state index contributed by atoms with van der Waals surface area (Å²) in [4.78, 5) is 22.7. The number of aromatic nitrogens is 4. The lowest BCUT2D eigenvalue weighted by Gasteiger charge is -2.36. The van der Waals surface area contributed by atoms with Crippen molar-refractivity contribution in [2.75, 3.05) is 11.1 Å². The first-order valence-electron chi connectivity index (χ1n) is 13.1. The number of tetrazole rings is 1. The second-order valence-electron chi connectivity index (χ2n) is 9.43. The molecule has 3 unspecified atom stereocenters. The Morgan fingerprint density at radius 1 is 0.951 bits per heavy atom. The Morgan fingerprint density at radius 3 is 2.39 bits per heavy atom. The highest BCUT2D eigenvalue weighted by Crippen LogP contribution is 2.39. The molecule has 5 rings (SSSR count). The van der Waals surface area contributed by atoms with E-state index in [-0.39, 0.29) is 37.6 Å². The minimum atomic E-state index is -1.02. The van der Waals surface area contributed by atoms with Gasteiger partial charge in [0.1, 0.15) is 0 Å². The summed E-state index contributed by atoms with van der Waals surface area (Å²) in [5, 5.41) is 33.8. The van der Waals surface area contributed by atoms with Crippen molar-refractivity contribution < 1.29 is 29.3 Å². The normalized spacial score (nSPS) is 18.6. The van der Waals surface area contributed by atoms with Crippen molar-refractivity contribution >= 4 is 29.3 Å². The number of ether oxygens (including phenoxy) is 2. The third kappa shape index (κ3) is 7.55. The largest absolute Gasteiger partial charge is 0.481 e. The second-order valence-corrected chi connectivity index (χ2v) is 10.4. The number of aliphatic carboxylic acids is 1. The van der Waals surface area contributed by atoms with E-state index >= 15 is 0 Å². The van der Waals surface area contributed by atoms with Crippen molar-refractivity contribution in [1.29, 1.82) is 0 Å².